The fraction of sp³-hybridized carbons (Fsp3) is 0.156. The van der Waals surface area contributed by atoms with Gasteiger partial charge >= 0.3 is 0 Å². The lowest BCUT2D eigenvalue weighted by Crippen LogP contribution is -2.27. The molecule has 3 N–H and O–H groups in total. The summed E-state index contributed by atoms with van der Waals surface area (Å²) in [5.74, 6) is 7.64. The van der Waals surface area contributed by atoms with E-state index in [1.165, 1.54) is 6.33 Å². The van der Waals surface area contributed by atoms with E-state index in [0.29, 0.717) is 50.3 Å². The first-order valence-electron chi connectivity index (χ1n) is 13.2. The normalized spacial score (nSPS) is 11.5. The minimum Gasteiger partial charge on any atom is -0.491 e. The summed E-state index contributed by atoms with van der Waals surface area (Å²) in [6.45, 7) is 9.69. The van der Waals surface area contributed by atoms with Crippen molar-refractivity contribution in [3.05, 3.63) is 118 Å². The molecular weight excluding hydrogens is 550 g/mol. The van der Waals surface area contributed by atoms with Crippen LogP contribution in [0.25, 0.3) is 22.3 Å². The smallest absolute Gasteiger partial charge is 0.267 e. The molecule has 210 valence electrons. The van der Waals surface area contributed by atoms with E-state index < -0.39 is 6.04 Å². The summed E-state index contributed by atoms with van der Waals surface area (Å²) in [6, 6.07) is 17.6. The van der Waals surface area contributed by atoms with Crippen LogP contribution in [0.5, 0.6) is 0 Å². The Labute approximate surface area is 248 Å². The van der Waals surface area contributed by atoms with Crippen molar-refractivity contribution in [3.63, 3.8) is 0 Å². The van der Waals surface area contributed by atoms with Crippen LogP contribution < -0.4 is 16.6 Å². The standard InChI is InChI=1S/C32H28ClN7O2/c1-19(2)42-21(4)22-13-14-23(35-17-22)15-16-25-29(34)36-18-37-30(25)38-20(3)31-39-27-12-8-11-26(33)28(27)32(41)40(31)24-9-6-5-7-10-24/h5-14,17-20H,4H2,1-3H3,(H3,34,36,37,38). The summed E-state index contributed by atoms with van der Waals surface area (Å²) in [4.78, 5) is 31.5. The SMILES string of the molecule is C=C(OC(C)C)c1ccc(C#Cc2c(N)ncnc2NC(C)c2nc3cccc(Cl)c3c(=O)n2-c2ccccc2)nc1. The molecule has 0 saturated heterocycles. The lowest BCUT2D eigenvalue weighted by Gasteiger charge is -2.21. The fourth-order valence-electron chi connectivity index (χ4n) is 4.34. The molecule has 0 bridgehead atoms. The van der Waals surface area contributed by atoms with Gasteiger partial charge in [0.15, 0.2) is 0 Å². The van der Waals surface area contributed by atoms with E-state index in [0.717, 1.165) is 5.56 Å². The molecule has 3 heterocycles. The van der Waals surface area contributed by atoms with Gasteiger partial charge < -0.3 is 15.8 Å². The van der Waals surface area contributed by atoms with Gasteiger partial charge in [0.05, 0.1) is 33.8 Å². The van der Waals surface area contributed by atoms with Gasteiger partial charge in [-0.1, -0.05) is 48.4 Å². The van der Waals surface area contributed by atoms with Crippen LogP contribution in [0, 0.1) is 11.8 Å². The summed E-state index contributed by atoms with van der Waals surface area (Å²) in [5, 5.41) is 4.00. The molecule has 5 aromatic rings. The zero-order chi connectivity index (χ0) is 29.8. The minimum atomic E-state index is -0.500. The summed E-state index contributed by atoms with van der Waals surface area (Å²) < 4.78 is 7.18. The third-order valence-electron chi connectivity index (χ3n) is 6.28. The van der Waals surface area contributed by atoms with E-state index in [9.17, 15) is 4.79 Å². The van der Waals surface area contributed by atoms with Crippen LogP contribution >= 0.6 is 11.6 Å². The zero-order valence-corrected chi connectivity index (χ0v) is 24.1. The molecule has 0 fully saturated rings. The van der Waals surface area contributed by atoms with Crippen molar-refractivity contribution in [2.45, 2.75) is 32.9 Å². The van der Waals surface area contributed by atoms with Crippen molar-refractivity contribution in [1.29, 1.82) is 0 Å². The van der Waals surface area contributed by atoms with E-state index in [2.05, 4.69) is 38.7 Å². The van der Waals surface area contributed by atoms with Gasteiger partial charge in [0, 0.05) is 11.8 Å². The molecule has 9 nitrogen and oxygen atoms in total. The third kappa shape index (κ3) is 5.94. The second kappa shape index (κ2) is 12.1. The molecule has 42 heavy (non-hydrogen) atoms. The van der Waals surface area contributed by atoms with Gasteiger partial charge in [-0.3, -0.25) is 9.36 Å². The Morgan fingerprint density at radius 1 is 1.02 bits per heavy atom. The van der Waals surface area contributed by atoms with Crippen molar-refractivity contribution in [2.24, 2.45) is 0 Å². The molecule has 10 heteroatoms. The minimum absolute atomic E-state index is 0.0105. The fourth-order valence-corrected chi connectivity index (χ4v) is 4.59. The van der Waals surface area contributed by atoms with Gasteiger partial charge in [-0.15, -0.1) is 0 Å². The second-order valence-corrected chi connectivity index (χ2v) is 10.1. The Morgan fingerprint density at radius 2 is 1.81 bits per heavy atom. The Kier molecular flexibility index (Phi) is 8.18. The zero-order valence-electron chi connectivity index (χ0n) is 23.3. The molecule has 1 unspecified atom stereocenters. The van der Waals surface area contributed by atoms with Crippen molar-refractivity contribution >= 4 is 39.9 Å². The molecule has 5 rings (SSSR count). The monoisotopic (exact) mass is 577 g/mol. The number of nitrogen functional groups attached to an aromatic ring is 1. The van der Waals surface area contributed by atoms with Gasteiger partial charge in [0.2, 0.25) is 0 Å². The number of fused-ring (bicyclic) bond motifs is 1. The highest BCUT2D eigenvalue weighted by molar-refractivity contribution is 6.35. The second-order valence-electron chi connectivity index (χ2n) is 9.70. The molecular formula is C32H28ClN7O2. The maximum absolute atomic E-state index is 13.7. The number of benzene rings is 2. The maximum Gasteiger partial charge on any atom is 0.267 e. The molecule has 0 aliphatic rings. The van der Waals surface area contributed by atoms with Crippen molar-refractivity contribution in [1.82, 2.24) is 24.5 Å². The van der Waals surface area contributed by atoms with Crippen LogP contribution in [-0.4, -0.2) is 30.6 Å². The number of nitrogens with zero attached hydrogens (tertiary/aromatic N) is 5. The molecule has 0 radical (unpaired) electrons. The van der Waals surface area contributed by atoms with E-state index in [4.69, 9.17) is 27.1 Å². The Morgan fingerprint density at radius 3 is 2.52 bits per heavy atom. The van der Waals surface area contributed by atoms with Crippen LogP contribution in [0.2, 0.25) is 5.02 Å². The summed E-state index contributed by atoms with van der Waals surface area (Å²) in [6.07, 6.45) is 3.01. The number of ether oxygens (including phenoxy) is 1. The summed E-state index contributed by atoms with van der Waals surface area (Å²) in [7, 11) is 0. The molecule has 1 atom stereocenters. The highest BCUT2D eigenvalue weighted by atomic mass is 35.5. The Balaban J connectivity index is 1.51. The van der Waals surface area contributed by atoms with Crippen LogP contribution in [0.15, 0.2) is 84.6 Å². The molecule has 0 aliphatic heterocycles. The number of nitrogens with two attached hydrogens (primary N) is 1. The average Bonchev–Trinajstić information content (AvgIpc) is 2.97. The number of rotatable bonds is 7. The largest absolute Gasteiger partial charge is 0.491 e. The Bertz CT molecular complexity index is 1890. The number of aromatic nitrogens is 5. The topological polar surface area (TPSA) is 121 Å². The van der Waals surface area contributed by atoms with Crippen LogP contribution in [-0.2, 0) is 4.74 Å². The molecule has 0 saturated carbocycles. The molecule has 2 aromatic carbocycles. The van der Waals surface area contributed by atoms with E-state index in [1.807, 2.05) is 57.2 Å². The highest BCUT2D eigenvalue weighted by Crippen LogP contribution is 2.26. The lowest BCUT2D eigenvalue weighted by atomic mass is 10.2. The first-order chi connectivity index (χ1) is 20.2. The van der Waals surface area contributed by atoms with E-state index in [1.54, 1.807) is 35.0 Å². The number of hydrogen-bond acceptors (Lipinski definition) is 8. The number of halogens is 1. The predicted molar refractivity (Wildman–Crippen MR) is 166 cm³/mol. The number of hydrogen-bond donors (Lipinski definition) is 2. The molecule has 0 amide bonds. The van der Waals surface area contributed by atoms with Crippen LogP contribution in [0.4, 0.5) is 11.6 Å². The van der Waals surface area contributed by atoms with E-state index in [-0.39, 0.29) is 17.5 Å². The molecule has 0 aliphatic carbocycles. The first kappa shape index (κ1) is 28.3. The van der Waals surface area contributed by atoms with Gasteiger partial charge in [0.1, 0.15) is 40.8 Å². The van der Waals surface area contributed by atoms with Gasteiger partial charge in [-0.25, -0.2) is 19.9 Å². The number of anilines is 2. The molecule has 3 aromatic heterocycles. The van der Waals surface area contributed by atoms with Crippen molar-refractivity contribution in [3.8, 4) is 17.5 Å². The number of nitrogens with one attached hydrogen (secondary N) is 1. The molecule has 0 spiro atoms. The third-order valence-corrected chi connectivity index (χ3v) is 6.60. The highest BCUT2D eigenvalue weighted by Gasteiger charge is 2.21. The van der Waals surface area contributed by atoms with Gasteiger partial charge in [0.25, 0.3) is 5.56 Å². The Hall–Kier alpha value is -5.20. The van der Waals surface area contributed by atoms with Crippen LogP contribution in [0.1, 0.15) is 49.5 Å². The predicted octanol–water partition coefficient (Wildman–Crippen LogP) is 5.77. The van der Waals surface area contributed by atoms with Gasteiger partial charge in [-0.2, -0.15) is 0 Å². The maximum atomic E-state index is 13.7. The van der Waals surface area contributed by atoms with Crippen LogP contribution in [0.3, 0.4) is 0 Å². The number of pyridine rings is 1. The van der Waals surface area contributed by atoms with E-state index >= 15 is 0 Å². The lowest BCUT2D eigenvalue weighted by molar-refractivity contribution is 0.205. The van der Waals surface area contributed by atoms with Gasteiger partial charge in [-0.05, 0) is 63.1 Å². The first-order valence-corrected chi connectivity index (χ1v) is 13.6. The summed E-state index contributed by atoms with van der Waals surface area (Å²) >= 11 is 6.42. The van der Waals surface area contributed by atoms with Crippen molar-refractivity contribution < 1.29 is 4.74 Å². The quantitative estimate of drug-likeness (QED) is 0.185. The average molecular weight is 578 g/mol. The number of para-hydroxylation sites is 1. The summed E-state index contributed by atoms with van der Waals surface area (Å²) in [5.41, 5.74) is 8.75. The van der Waals surface area contributed by atoms with Crippen molar-refractivity contribution in [2.75, 3.05) is 11.1 Å².